The van der Waals surface area contributed by atoms with Crippen LogP contribution in [0.1, 0.15) is 22.8 Å². The van der Waals surface area contributed by atoms with E-state index in [2.05, 4.69) is 22.4 Å². The maximum Gasteiger partial charge on any atom is 0.256 e. The quantitative estimate of drug-likeness (QED) is 0.683. The Morgan fingerprint density at radius 2 is 1.96 bits per heavy atom. The lowest BCUT2D eigenvalue weighted by Crippen LogP contribution is -2.59. The fourth-order valence-electron chi connectivity index (χ4n) is 3.09. The molecule has 1 fully saturated rings. The fourth-order valence-corrected chi connectivity index (χ4v) is 4.42. The van der Waals surface area contributed by atoms with Gasteiger partial charge in [-0.15, -0.1) is 16.4 Å². The van der Waals surface area contributed by atoms with E-state index < -0.39 is 0 Å². The second-order valence-corrected chi connectivity index (χ2v) is 8.04. The maximum absolute atomic E-state index is 12.9. The van der Waals surface area contributed by atoms with Crippen molar-refractivity contribution in [3.63, 3.8) is 0 Å². The Kier molecular flexibility index (Phi) is 4.02. The molecule has 1 saturated heterocycles. The summed E-state index contributed by atoms with van der Waals surface area (Å²) in [6.07, 6.45) is 1.48. The summed E-state index contributed by atoms with van der Waals surface area (Å²) >= 11 is 13.6. The highest BCUT2D eigenvalue weighted by Crippen LogP contribution is 2.38. The van der Waals surface area contributed by atoms with E-state index >= 15 is 0 Å². The third-order valence-corrected chi connectivity index (χ3v) is 5.70. The van der Waals surface area contributed by atoms with Crippen LogP contribution in [-0.4, -0.2) is 44.1 Å². The van der Waals surface area contributed by atoms with Gasteiger partial charge in [0, 0.05) is 28.5 Å². The van der Waals surface area contributed by atoms with Gasteiger partial charge in [-0.25, -0.2) is 0 Å². The Morgan fingerprint density at radius 1 is 1.24 bits per heavy atom. The largest absolute Gasteiger partial charge is 0.337 e. The van der Waals surface area contributed by atoms with Crippen LogP contribution >= 0.6 is 34.5 Å². The first-order valence-corrected chi connectivity index (χ1v) is 9.16. The van der Waals surface area contributed by atoms with Crippen molar-refractivity contribution in [1.82, 2.24) is 25.1 Å². The van der Waals surface area contributed by atoms with Crippen molar-refractivity contribution >= 4 is 40.4 Å². The Morgan fingerprint density at radius 3 is 2.60 bits per heavy atom. The molecule has 3 heterocycles. The van der Waals surface area contributed by atoms with Crippen LogP contribution in [0.25, 0.3) is 5.00 Å². The molecule has 0 spiro atoms. The van der Waals surface area contributed by atoms with Crippen molar-refractivity contribution in [2.75, 3.05) is 13.1 Å². The maximum atomic E-state index is 12.9. The van der Waals surface area contributed by atoms with Gasteiger partial charge in [-0.1, -0.05) is 30.1 Å². The zero-order chi connectivity index (χ0) is 17.6. The molecule has 4 rings (SSSR count). The van der Waals surface area contributed by atoms with E-state index in [1.54, 1.807) is 12.1 Å². The average Bonchev–Trinajstić information content (AvgIpc) is 3.20. The molecule has 1 amide bonds. The van der Waals surface area contributed by atoms with E-state index in [1.165, 1.54) is 22.3 Å². The van der Waals surface area contributed by atoms with Crippen molar-refractivity contribution in [2.24, 2.45) is 0 Å². The molecule has 1 aromatic carbocycles. The fraction of sp³-hybridized carbons (Fsp3) is 0.250. The van der Waals surface area contributed by atoms with Gasteiger partial charge in [-0.05, 0) is 45.6 Å². The molecule has 0 aliphatic carbocycles. The van der Waals surface area contributed by atoms with Gasteiger partial charge in [0.2, 0.25) is 0 Å². The number of tetrazole rings is 1. The van der Waals surface area contributed by atoms with E-state index in [9.17, 15) is 4.79 Å². The summed E-state index contributed by atoms with van der Waals surface area (Å²) in [6, 6.07) is 7.33. The molecule has 0 radical (unpaired) electrons. The number of hydrogen-bond donors (Lipinski definition) is 0. The number of benzene rings is 1. The predicted molar refractivity (Wildman–Crippen MR) is 96.7 cm³/mol. The van der Waals surface area contributed by atoms with E-state index in [0.29, 0.717) is 28.7 Å². The van der Waals surface area contributed by atoms with Gasteiger partial charge in [0.05, 0.1) is 5.56 Å². The van der Waals surface area contributed by atoms with E-state index in [4.69, 9.17) is 23.2 Å². The molecular formula is C16H13Cl2N5OS. The summed E-state index contributed by atoms with van der Waals surface area (Å²) in [7, 11) is 0. The minimum Gasteiger partial charge on any atom is -0.337 e. The zero-order valence-electron chi connectivity index (χ0n) is 13.2. The van der Waals surface area contributed by atoms with Crippen molar-refractivity contribution in [3.05, 3.63) is 57.1 Å². The van der Waals surface area contributed by atoms with Crippen LogP contribution < -0.4 is 0 Å². The third-order valence-electron chi connectivity index (χ3n) is 4.36. The SMILES string of the molecule is CC1(c2cc(Cl)cc(Cl)c2)CN(C(=O)c2ccsc2-n2cnnn2)C1. The van der Waals surface area contributed by atoms with E-state index in [0.717, 1.165) is 10.6 Å². The second-order valence-electron chi connectivity index (χ2n) is 6.27. The molecule has 0 saturated carbocycles. The highest BCUT2D eigenvalue weighted by Gasteiger charge is 2.43. The minimum absolute atomic E-state index is 0.0302. The standard InChI is InChI=1S/C16H13Cl2N5OS/c1-16(10-4-11(17)6-12(18)5-10)7-22(8-16)14(24)13-2-3-25-15(13)23-9-19-20-21-23/h2-6,9H,7-8H2,1H3. The van der Waals surface area contributed by atoms with Gasteiger partial charge in [-0.3, -0.25) is 4.79 Å². The monoisotopic (exact) mass is 393 g/mol. The molecule has 9 heteroatoms. The number of amides is 1. The summed E-state index contributed by atoms with van der Waals surface area (Å²) in [5.41, 5.74) is 1.48. The number of carbonyl (C=O) groups is 1. The molecule has 0 unspecified atom stereocenters. The minimum atomic E-state index is -0.158. The summed E-state index contributed by atoms with van der Waals surface area (Å²) in [4.78, 5) is 14.7. The van der Waals surface area contributed by atoms with Crippen LogP contribution in [-0.2, 0) is 5.41 Å². The number of thiophene rings is 1. The average molecular weight is 394 g/mol. The molecular weight excluding hydrogens is 381 g/mol. The summed E-state index contributed by atoms with van der Waals surface area (Å²) in [5, 5.41) is 14.9. The lowest BCUT2D eigenvalue weighted by atomic mass is 9.75. The van der Waals surface area contributed by atoms with Gasteiger partial charge in [0.15, 0.2) is 0 Å². The van der Waals surface area contributed by atoms with Crippen LogP contribution in [0.2, 0.25) is 10.0 Å². The van der Waals surface area contributed by atoms with Crippen LogP contribution in [0.3, 0.4) is 0 Å². The number of halogens is 2. The molecule has 0 atom stereocenters. The van der Waals surface area contributed by atoms with E-state index in [-0.39, 0.29) is 11.3 Å². The molecule has 1 aliphatic rings. The number of likely N-dealkylation sites (tertiary alicyclic amines) is 1. The van der Waals surface area contributed by atoms with Crippen LogP contribution in [0.4, 0.5) is 0 Å². The Balaban J connectivity index is 1.54. The first kappa shape index (κ1) is 16.5. The number of hydrogen-bond acceptors (Lipinski definition) is 5. The number of carbonyl (C=O) groups excluding carboxylic acids is 1. The molecule has 0 N–H and O–H groups in total. The Labute approximate surface area is 158 Å². The topological polar surface area (TPSA) is 63.9 Å². The molecule has 1 aliphatic heterocycles. The Bertz CT molecular complexity index is 914. The molecule has 2 aromatic heterocycles. The molecule has 128 valence electrons. The lowest BCUT2D eigenvalue weighted by Gasteiger charge is -2.48. The van der Waals surface area contributed by atoms with Gasteiger partial charge in [0.25, 0.3) is 5.91 Å². The first-order valence-electron chi connectivity index (χ1n) is 7.53. The molecule has 3 aromatic rings. The third kappa shape index (κ3) is 2.92. The number of rotatable bonds is 3. The van der Waals surface area contributed by atoms with Gasteiger partial charge in [-0.2, -0.15) is 4.68 Å². The summed E-state index contributed by atoms with van der Waals surface area (Å²) in [5.74, 6) is -0.0302. The normalized spacial score (nSPS) is 15.9. The van der Waals surface area contributed by atoms with Crippen LogP contribution in [0, 0.1) is 0 Å². The van der Waals surface area contributed by atoms with Gasteiger partial charge >= 0.3 is 0 Å². The van der Waals surface area contributed by atoms with Crippen LogP contribution in [0.15, 0.2) is 36.0 Å². The van der Waals surface area contributed by atoms with Gasteiger partial charge < -0.3 is 4.90 Å². The van der Waals surface area contributed by atoms with Crippen LogP contribution in [0.5, 0.6) is 0 Å². The predicted octanol–water partition coefficient (Wildman–Crippen LogP) is 3.44. The van der Waals surface area contributed by atoms with Crippen molar-refractivity contribution in [1.29, 1.82) is 0 Å². The smallest absolute Gasteiger partial charge is 0.256 e. The zero-order valence-corrected chi connectivity index (χ0v) is 15.5. The highest BCUT2D eigenvalue weighted by atomic mass is 35.5. The Hall–Kier alpha value is -1.96. The number of aromatic nitrogens is 4. The van der Waals surface area contributed by atoms with E-state index in [1.807, 2.05) is 22.4 Å². The van der Waals surface area contributed by atoms with Crippen molar-refractivity contribution < 1.29 is 4.79 Å². The first-order chi connectivity index (χ1) is 12.0. The molecule has 6 nitrogen and oxygen atoms in total. The second kappa shape index (κ2) is 6.09. The lowest BCUT2D eigenvalue weighted by molar-refractivity contribution is 0.0434. The molecule has 25 heavy (non-hydrogen) atoms. The molecule has 0 bridgehead atoms. The van der Waals surface area contributed by atoms with Crippen molar-refractivity contribution in [3.8, 4) is 5.00 Å². The highest BCUT2D eigenvalue weighted by molar-refractivity contribution is 7.13. The summed E-state index contributed by atoms with van der Waals surface area (Å²) < 4.78 is 1.51. The van der Waals surface area contributed by atoms with Gasteiger partial charge in [0.1, 0.15) is 11.3 Å². The van der Waals surface area contributed by atoms with Crippen molar-refractivity contribution in [2.45, 2.75) is 12.3 Å². The summed E-state index contributed by atoms with van der Waals surface area (Å²) in [6.45, 7) is 3.31. The number of nitrogens with zero attached hydrogens (tertiary/aromatic N) is 5.